The summed E-state index contributed by atoms with van der Waals surface area (Å²) >= 11 is 6.03. The predicted molar refractivity (Wildman–Crippen MR) is 74.3 cm³/mol. The van der Waals surface area contributed by atoms with Gasteiger partial charge in [-0.3, -0.25) is 0 Å². The van der Waals surface area contributed by atoms with E-state index < -0.39 is 0 Å². The Kier molecular flexibility index (Phi) is 4.39. The Morgan fingerprint density at radius 2 is 2.26 bits per heavy atom. The SMILES string of the molecule is CNC(C)c1cc(Cl)ccc1OCc1nncn1C. The van der Waals surface area contributed by atoms with Gasteiger partial charge in [-0.1, -0.05) is 11.6 Å². The molecule has 1 aromatic carbocycles. The van der Waals surface area contributed by atoms with Crippen LogP contribution in [0.5, 0.6) is 5.75 Å². The zero-order valence-electron chi connectivity index (χ0n) is 11.2. The van der Waals surface area contributed by atoms with Crippen molar-refractivity contribution in [3.63, 3.8) is 0 Å². The van der Waals surface area contributed by atoms with Crippen LogP contribution in [0.15, 0.2) is 24.5 Å². The van der Waals surface area contributed by atoms with Gasteiger partial charge < -0.3 is 14.6 Å². The maximum Gasteiger partial charge on any atom is 0.170 e. The van der Waals surface area contributed by atoms with Crippen LogP contribution in [0.3, 0.4) is 0 Å². The van der Waals surface area contributed by atoms with Gasteiger partial charge in [0.15, 0.2) is 5.82 Å². The Bertz CT molecular complexity index is 555. The van der Waals surface area contributed by atoms with Crippen molar-refractivity contribution in [3.8, 4) is 5.75 Å². The smallest absolute Gasteiger partial charge is 0.170 e. The highest BCUT2D eigenvalue weighted by molar-refractivity contribution is 6.30. The van der Waals surface area contributed by atoms with Gasteiger partial charge in [0, 0.05) is 23.7 Å². The van der Waals surface area contributed by atoms with Crippen molar-refractivity contribution in [1.82, 2.24) is 20.1 Å². The number of halogens is 1. The number of aryl methyl sites for hydroxylation is 1. The number of rotatable bonds is 5. The first-order valence-corrected chi connectivity index (χ1v) is 6.42. The summed E-state index contributed by atoms with van der Waals surface area (Å²) in [5, 5.41) is 11.7. The topological polar surface area (TPSA) is 52.0 Å². The number of hydrogen-bond acceptors (Lipinski definition) is 4. The van der Waals surface area contributed by atoms with Crippen molar-refractivity contribution in [2.75, 3.05) is 7.05 Å². The van der Waals surface area contributed by atoms with Crippen molar-refractivity contribution in [1.29, 1.82) is 0 Å². The van der Waals surface area contributed by atoms with E-state index in [0.29, 0.717) is 11.6 Å². The lowest BCUT2D eigenvalue weighted by molar-refractivity contribution is 0.286. The molecular weight excluding hydrogens is 264 g/mol. The van der Waals surface area contributed by atoms with Gasteiger partial charge in [-0.25, -0.2) is 0 Å². The van der Waals surface area contributed by atoms with E-state index in [2.05, 4.69) is 22.4 Å². The van der Waals surface area contributed by atoms with Crippen molar-refractivity contribution in [2.24, 2.45) is 7.05 Å². The van der Waals surface area contributed by atoms with Crippen molar-refractivity contribution in [3.05, 3.63) is 40.9 Å². The zero-order chi connectivity index (χ0) is 13.8. The highest BCUT2D eigenvalue weighted by Gasteiger charge is 2.12. The Balaban J connectivity index is 2.18. The Labute approximate surface area is 117 Å². The predicted octanol–water partition coefficient (Wildman–Crippen LogP) is 2.33. The van der Waals surface area contributed by atoms with E-state index in [0.717, 1.165) is 17.1 Å². The average Bonchev–Trinajstić information content (AvgIpc) is 2.82. The first kappa shape index (κ1) is 13.8. The molecule has 0 saturated heterocycles. The summed E-state index contributed by atoms with van der Waals surface area (Å²) in [6, 6.07) is 5.77. The first-order valence-electron chi connectivity index (χ1n) is 6.04. The van der Waals surface area contributed by atoms with E-state index >= 15 is 0 Å². The summed E-state index contributed by atoms with van der Waals surface area (Å²) in [6.07, 6.45) is 1.65. The monoisotopic (exact) mass is 280 g/mol. The number of ether oxygens (including phenoxy) is 1. The molecule has 1 N–H and O–H groups in total. The van der Waals surface area contributed by atoms with Gasteiger partial charge >= 0.3 is 0 Å². The highest BCUT2D eigenvalue weighted by Crippen LogP contribution is 2.28. The third-order valence-electron chi connectivity index (χ3n) is 3.03. The summed E-state index contributed by atoms with van der Waals surface area (Å²) in [7, 11) is 3.79. The minimum absolute atomic E-state index is 0.160. The molecule has 5 nitrogen and oxygen atoms in total. The second kappa shape index (κ2) is 6.04. The molecule has 0 spiro atoms. The fourth-order valence-electron chi connectivity index (χ4n) is 1.72. The molecule has 0 radical (unpaired) electrons. The maximum atomic E-state index is 6.03. The molecule has 0 amide bonds. The summed E-state index contributed by atoms with van der Waals surface area (Å²) in [6.45, 7) is 2.43. The van der Waals surface area contributed by atoms with E-state index in [1.807, 2.05) is 36.9 Å². The minimum Gasteiger partial charge on any atom is -0.485 e. The molecule has 0 aliphatic carbocycles. The second-order valence-electron chi connectivity index (χ2n) is 4.34. The van der Waals surface area contributed by atoms with Crippen LogP contribution in [0.1, 0.15) is 24.4 Å². The van der Waals surface area contributed by atoms with Gasteiger partial charge in [-0.05, 0) is 32.2 Å². The highest BCUT2D eigenvalue weighted by atomic mass is 35.5. The lowest BCUT2D eigenvalue weighted by Gasteiger charge is -2.16. The summed E-state index contributed by atoms with van der Waals surface area (Å²) in [4.78, 5) is 0. The molecule has 0 aliphatic rings. The normalized spacial score (nSPS) is 12.4. The molecule has 2 rings (SSSR count). The van der Waals surface area contributed by atoms with Crippen LogP contribution < -0.4 is 10.1 Å². The standard InChI is InChI=1S/C13H17ClN4O/c1-9(15-2)11-6-10(14)4-5-12(11)19-7-13-17-16-8-18(13)3/h4-6,8-9,15H,7H2,1-3H3. The molecule has 0 bridgehead atoms. The lowest BCUT2D eigenvalue weighted by Crippen LogP contribution is -2.14. The van der Waals surface area contributed by atoms with Crippen molar-refractivity contribution >= 4 is 11.6 Å². The first-order chi connectivity index (χ1) is 9.11. The Hall–Kier alpha value is -1.59. The molecule has 6 heteroatoms. The zero-order valence-corrected chi connectivity index (χ0v) is 12.0. The molecule has 1 unspecified atom stereocenters. The van der Waals surface area contributed by atoms with Crippen LogP contribution in [0.2, 0.25) is 5.02 Å². The fourth-order valence-corrected chi connectivity index (χ4v) is 1.91. The van der Waals surface area contributed by atoms with E-state index in [1.54, 1.807) is 6.33 Å². The molecule has 0 saturated carbocycles. The molecule has 1 atom stereocenters. The molecule has 102 valence electrons. The molecule has 0 aliphatic heterocycles. The van der Waals surface area contributed by atoms with E-state index in [9.17, 15) is 0 Å². The number of nitrogens with zero attached hydrogens (tertiary/aromatic N) is 3. The Morgan fingerprint density at radius 3 is 2.89 bits per heavy atom. The van der Waals surface area contributed by atoms with Crippen molar-refractivity contribution in [2.45, 2.75) is 19.6 Å². The number of hydrogen-bond donors (Lipinski definition) is 1. The van der Waals surface area contributed by atoms with Crippen LogP contribution in [-0.2, 0) is 13.7 Å². The third kappa shape index (κ3) is 3.24. The maximum absolute atomic E-state index is 6.03. The molecule has 2 aromatic rings. The number of nitrogens with one attached hydrogen (secondary N) is 1. The van der Waals surface area contributed by atoms with Gasteiger partial charge in [-0.2, -0.15) is 0 Å². The Morgan fingerprint density at radius 1 is 1.47 bits per heavy atom. The number of benzene rings is 1. The lowest BCUT2D eigenvalue weighted by atomic mass is 10.1. The largest absolute Gasteiger partial charge is 0.485 e. The minimum atomic E-state index is 0.160. The summed E-state index contributed by atoms with van der Waals surface area (Å²) in [5.74, 6) is 1.58. The van der Waals surface area contributed by atoms with Crippen LogP contribution in [0.25, 0.3) is 0 Å². The third-order valence-corrected chi connectivity index (χ3v) is 3.27. The van der Waals surface area contributed by atoms with Crippen molar-refractivity contribution < 1.29 is 4.74 Å². The molecule has 1 aromatic heterocycles. The quantitative estimate of drug-likeness (QED) is 0.913. The van der Waals surface area contributed by atoms with Crippen LogP contribution in [0, 0.1) is 0 Å². The van der Waals surface area contributed by atoms with Gasteiger partial charge in [0.25, 0.3) is 0 Å². The van der Waals surface area contributed by atoms with E-state index in [4.69, 9.17) is 16.3 Å². The van der Waals surface area contributed by atoms with Gasteiger partial charge in [0.05, 0.1) is 0 Å². The fraction of sp³-hybridized carbons (Fsp3) is 0.385. The molecule has 19 heavy (non-hydrogen) atoms. The van der Waals surface area contributed by atoms with E-state index in [-0.39, 0.29) is 6.04 Å². The second-order valence-corrected chi connectivity index (χ2v) is 4.78. The van der Waals surface area contributed by atoms with Crippen LogP contribution in [0.4, 0.5) is 0 Å². The van der Waals surface area contributed by atoms with Crippen LogP contribution in [-0.4, -0.2) is 21.8 Å². The summed E-state index contributed by atoms with van der Waals surface area (Å²) < 4.78 is 7.65. The van der Waals surface area contributed by atoms with Gasteiger partial charge in [0.2, 0.25) is 0 Å². The van der Waals surface area contributed by atoms with Gasteiger partial charge in [-0.15, -0.1) is 10.2 Å². The molecular formula is C13H17ClN4O. The molecule has 0 fully saturated rings. The van der Waals surface area contributed by atoms with E-state index in [1.165, 1.54) is 0 Å². The molecule has 1 heterocycles. The average molecular weight is 281 g/mol. The van der Waals surface area contributed by atoms with Gasteiger partial charge in [0.1, 0.15) is 18.7 Å². The number of aromatic nitrogens is 3. The summed E-state index contributed by atoms with van der Waals surface area (Å²) in [5.41, 5.74) is 1.03. The van der Waals surface area contributed by atoms with Crippen LogP contribution >= 0.6 is 11.6 Å².